The summed E-state index contributed by atoms with van der Waals surface area (Å²) in [6.45, 7) is 5.40. The monoisotopic (exact) mass is 385 g/mol. The maximum Gasteiger partial charge on any atom is 0.253 e. The Morgan fingerprint density at radius 1 is 1.29 bits per heavy atom. The van der Waals surface area contributed by atoms with Crippen LogP contribution in [0.5, 0.6) is 0 Å². The molecule has 0 spiro atoms. The standard InChI is InChI=1S/C22H28FN3O2/c1-16-12-19(13-21(27)24-16)22(28)25(2)14-18-4-3-10-26(15-18)11-9-17-5-7-20(23)8-6-17/h5-8,12-13,18H,3-4,9-11,14-15H2,1-2H3,(H,24,27). The van der Waals surface area contributed by atoms with Crippen LogP contribution in [0.1, 0.15) is 34.5 Å². The van der Waals surface area contributed by atoms with Crippen LogP contribution in [-0.2, 0) is 6.42 Å². The minimum Gasteiger partial charge on any atom is -0.341 e. The van der Waals surface area contributed by atoms with E-state index in [9.17, 15) is 14.0 Å². The molecule has 1 fully saturated rings. The molecule has 28 heavy (non-hydrogen) atoms. The average Bonchev–Trinajstić information content (AvgIpc) is 2.66. The number of H-pyrrole nitrogens is 1. The van der Waals surface area contributed by atoms with Crippen LogP contribution in [0.25, 0.3) is 0 Å². The Balaban J connectivity index is 1.52. The minimum atomic E-state index is -0.249. The van der Waals surface area contributed by atoms with Crippen molar-refractivity contribution in [2.75, 3.05) is 33.2 Å². The second kappa shape index (κ2) is 9.15. The van der Waals surface area contributed by atoms with E-state index in [0.717, 1.165) is 44.5 Å². The number of carbonyl (C=O) groups excluding carboxylic acids is 1. The SMILES string of the molecule is Cc1cc(C(=O)N(C)CC2CCCN(CCc3ccc(F)cc3)C2)cc(=O)[nH]1. The van der Waals surface area contributed by atoms with Gasteiger partial charge in [-0.3, -0.25) is 9.59 Å². The van der Waals surface area contributed by atoms with Crippen LogP contribution in [-0.4, -0.2) is 53.9 Å². The van der Waals surface area contributed by atoms with Gasteiger partial charge in [0.25, 0.3) is 5.91 Å². The van der Waals surface area contributed by atoms with E-state index >= 15 is 0 Å². The minimum absolute atomic E-state index is 0.113. The lowest BCUT2D eigenvalue weighted by atomic mass is 9.96. The summed E-state index contributed by atoms with van der Waals surface area (Å²) < 4.78 is 13.0. The van der Waals surface area contributed by atoms with E-state index in [1.807, 2.05) is 12.1 Å². The summed E-state index contributed by atoms with van der Waals surface area (Å²) in [5, 5.41) is 0. The van der Waals surface area contributed by atoms with Gasteiger partial charge in [0.15, 0.2) is 0 Å². The van der Waals surface area contributed by atoms with Gasteiger partial charge in [-0.15, -0.1) is 0 Å². The zero-order valence-corrected chi connectivity index (χ0v) is 16.6. The van der Waals surface area contributed by atoms with Crippen molar-refractivity contribution in [3.63, 3.8) is 0 Å². The van der Waals surface area contributed by atoms with Crippen molar-refractivity contribution in [1.29, 1.82) is 0 Å². The molecule has 1 N–H and O–H groups in total. The number of aromatic amines is 1. The Hall–Kier alpha value is -2.47. The first-order valence-corrected chi connectivity index (χ1v) is 9.84. The fourth-order valence-electron chi connectivity index (χ4n) is 3.94. The third-order valence-electron chi connectivity index (χ3n) is 5.34. The quantitative estimate of drug-likeness (QED) is 0.832. The summed E-state index contributed by atoms with van der Waals surface area (Å²) in [4.78, 5) is 31.1. The summed E-state index contributed by atoms with van der Waals surface area (Å²) in [6, 6.07) is 9.77. The molecule has 1 atom stereocenters. The second-order valence-electron chi connectivity index (χ2n) is 7.79. The molecule has 1 aliphatic heterocycles. The summed E-state index contributed by atoms with van der Waals surface area (Å²) in [5.41, 5.74) is 2.02. The van der Waals surface area contributed by atoms with E-state index in [2.05, 4.69) is 9.88 Å². The summed E-state index contributed by atoms with van der Waals surface area (Å²) in [6.07, 6.45) is 3.10. The van der Waals surface area contributed by atoms with Crippen LogP contribution in [0.4, 0.5) is 4.39 Å². The van der Waals surface area contributed by atoms with Gasteiger partial charge in [-0.1, -0.05) is 12.1 Å². The zero-order valence-electron chi connectivity index (χ0n) is 16.6. The maximum absolute atomic E-state index is 13.0. The predicted molar refractivity (Wildman–Crippen MR) is 108 cm³/mol. The number of nitrogens with zero attached hydrogens (tertiary/aromatic N) is 2. The number of piperidine rings is 1. The molecule has 2 heterocycles. The third-order valence-corrected chi connectivity index (χ3v) is 5.34. The van der Waals surface area contributed by atoms with Crippen LogP contribution >= 0.6 is 0 Å². The first-order chi connectivity index (χ1) is 13.4. The van der Waals surface area contributed by atoms with E-state index in [1.165, 1.54) is 18.2 Å². The van der Waals surface area contributed by atoms with Crippen molar-refractivity contribution in [2.24, 2.45) is 5.92 Å². The van der Waals surface area contributed by atoms with Gasteiger partial charge in [-0.25, -0.2) is 4.39 Å². The number of halogens is 1. The molecule has 0 radical (unpaired) electrons. The molecule has 2 aromatic rings. The van der Waals surface area contributed by atoms with Gasteiger partial charge in [0.05, 0.1) is 0 Å². The van der Waals surface area contributed by atoms with Gasteiger partial charge < -0.3 is 14.8 Å². The van der Waals surface area contributed by atoms with E-state index < -0.39 is 0 Å². The average molecular weight is 385 g/mol. The number of likely N-dealkylation sites (tertiary alicyclic amines) is 1. The Kier molecular flexibility index (Phi) is 6.62. The summed E-state index contributed by atoms with van der Waals surface area (Å²) in [7, 11) is 1.80. The number of rotatable bonds is 6. The van der Waals surface area contributed by atoms with Crippen molar-refractivity contribution in [3.8, 4) is 0 Å². The Labute approximate surface area is 165 Å². The molecule has 1 amide bonds. The highest BCUT2D eigenvalue weighted by atomic mass is 19.1. The lowest BCUT2D eigenvalue weighted by molar-refractivity contribution is 0.0730. The van der Waals surface area contributed by atoms with Crippen LogP contribution < -0.4 is 5.56 Å². The Bertz CT molecular complexity index is 863. The van der Waals surface area contributed by atoms with E-state index in [-0.39, 0.29) is 17.3 Å². The van der Waals surface area contributed by atoms with Crippen LogP contribution in [0.3, 0.4) is 0 Å². The molecule has 0 aliphatic carbocycles. The first-order valence-electron chi connectivity index (χ1n) is 9.84. The van der Waals surface area contributed by atoms with Gasteiger partial charge in [-0.05, 0) is 62.4 Å². The van der Waals surface area contributed by atoms with Crippen molar-refractivity contribution < 1.29 is 9.18 Å². The van der Waals surface area contributed by atoms with Gasteiger partial charge in [0.2, 0.25) is 5.56 Å². The summed E-state index contributed by atoms with van der Waals surface area (Å²) >= 11 is 0. The van der Waals surface area contributed by atoms with Crippen molar-refractivity contribution in [2.45, 2.75) is 26.2 Å². The highest BCUT2D eigenvalue weighted by molar-refractivity contribution is 5.94. The topological polar surface area (TPSA) is 56.4 Å². The number of hydrogen-bond acceptors (Lipinski definition) is 3. The molecule has 1 aromatic heterocycles. The number of benzene rings is 1. The number of aromatic nitrogens is 1. The molecule has 0 bridgehead atoms. The molecule has 0 saturated carbocycles. The maximum atomic E-state index is 13.0. The fraction of sp³-hybridized carbons (Fsp3) is 0.455. The second-order valence-corrected chi connectivity index (χ2v) is 7.79. The predicted octanol–water partition coefficient (Wildman–Crippen LogP) is 2.85. The molecule has 150 valence electrons. The zero-order chi connectivity index (χ0) is 20.1. The molecule has 5 nitrogen and oxygen atoms in total. The van der Waals surface area contributed by atoms with Gasteiger partial charge in [-0.2, -0.15) is 0 Å². The smallest absolute Gasteiger partial charge is 0.253 e. The molecule has 1 aliphatic rings. The first kappa shape index (κ1) is 20.3. The van der Waals surface area contributed by atoms with Crippen molar-refractivity contribution >= 4 is 5.91 Å². The van der Waals surface area contributed by atoms with E-state index in [1.54, 1.807) is 24.9 Å². The fourth-order valence-corrected chi connectivity index (χ4v) is 3.94. The number of pyridine rings is 1. The molecular weight excluding hydrogens is 357 g/mol. The number of carbonyl (C=O) groups is 1. The van der Waals surface area contributed by atoms with Crippen LogP contribution in [0.15, 0.2) is 41.2 Å². The largest absolute Gasteiger partial charge is 0.341 e. The molecular formula is C22H28FN3O2. The van der Waals surface area contributed by atoms with Gasteiger partial charge >= 0.3 is 0 Å². The van der Waals surface area contributed by atoms with Crippen molar-refractivity contribution in [1.82, 2.24) is 14.8 Å². The molecule has 3 rings (SSSR count). The van der Waals surface area contributed by atoms with Gasteiger partial charge in [0, 0.05) is 44.0 Å². The number of hydrogen-bond donors (Lipinski definition) is 1. The van der Waals surface area contributed by atoms with Crippen molar-refractivity contribution in [3.05, 3.63) is 69.4 Å². The molecule has 1 unspecified atom stereocenters. The lowest BCUT2D eigenvalue weighted by Crippen LogP contribution is -2.42. The number of nitrogens with one attached hydrogen (secondary N) is 1. The van der Waals surface area contributed by atoms with Gasteiger partial charge in [0.1, 0.15) is 5.82 Å². The molecule has 1 saturated heterocycles. The van der Waals surface area contributed by atoms with Crippen LogP contribution in [0.2, 0.25) is 0 Å². The van der Waals surface area contributed by atoms with E-state index in [0.29, 0.717) is 23.7 Å². The highest BCUT2D eigenvalue weighted by Gasteiger charge is 2.23. The molecule has 1 aromatic carbocycles. The number of aryl methyl sites for hydroxylation is 1. The molecule has 6 heteroatoms. The highest BCUT2D eigenvalue weighted by Crippen LogP contribution is 2.19. The number of amides is 1. The summed E-state index contributed by atoms with van der Waals surface area (Å²) in [5.74, 6) is 0.0988. The Morgan fingerprint density at radius 2 is 2.04 bits per heavy atom. The lowest BCUT2D eigenvalue weighted by Gasteiger charge is -2.34. The third kappa shape index (κ3) is 5.52. The van der Waals surface area contributed by atoms with Crippen LogP contribution in [0, 0.1) is 18.7 Å². The normalized spacial score (nSPS) is 17.5. The van der Waals surface area contributed by atoms with E-state index in [4.69, 9.17) is 0 Å². The Morgan fingerprint density at radius 3 is 2.75 bits per heavy atom.